The Morgan fingerprint density at radius 1 is 1.03 bits per heavy atom. The molecule has 2 N–H and O–H groups in total. The second-order valence-electron chi connectivity index (χ2n) is 7.91. The second-order valence-corrected chi connectivity index (χ2v) is 8.99. The number of carbonyl (C=O) groups is 2. The van der Waals surface area contributed by atoms with Gasteiger partial charge in [0.15, 0.2) is 11.6 Å². The van der Waals surface area contributed by atoms with Crippen LogP contribution in [-0.2, 0) is 9.53 Å². The van der Waals surface area contributed by atoms with Crippen LogP contribution in [0.3, 0.4) is 0 Å². The summed E-state index contributed by atoms with van der Waals surface area (Å²) in [6.07, 6.45) is 10.7. The fraction of sp³-hybridized carbons (Fsp3) is 0.440. The Kier molecular flexibility index (Phi) is 12.8. The zero-order valence-electron chi connectivity index (χ0n) is 19.3. The molecule has 176 valence electrons. The quantitative estimate of drug-likeness (QED) is 0.174. The molecule has 1 rings (SSSR count). The maximum Gasteiger partial charge on any atom is 0.348 e. The zero-order valence-corrected chi connectivity index (χ0v) is 20.1. The predicted molar refractivity (Wildman–Crippen MR) is 127 cm³/mol. The van der Waals surface area contributed by atoms with Crippen molar-refractivity contribution < 1.29 is 23.1 Å². The minimum absolute atomic E-state index is 0.241. The van der Waals surface area contributed by atoms with E-state index in [9.17, 15) is 18.4 Å². The van der Waals surface area contributed by atoms with Crippen molar-refractivity contribution >= 4 is 23.7 Å². The Morgan fingerprint density at radius 2 is 1.66 bits per heavy atom. The third kappa shape index (κ3) is 10.9. The summed E-state index contributed by atoms with van der Waals surface area (Å²) in [6.45, 7) is 8.43. The average molecular weight is 466 g/mol. The van der Waals surface area contributed by atoms with Gasteiger partial charge in [0.25, 0.3) is 0 Å². The summed E-state index contributed by atoms with van der Waals surface area (Å²) in [5.41, 5.74) is 9.09. The highest BCUT2D eigenvalue weighted by atomic mass is 32.2. The van der Waals surface area contributed by atoms with Crippen LogP contribution in [0.4, 0.5) is 8.78 Å². The molecule has 0 unspecified atom stereocenters. The van der Waals surface area contributed by atoms with Gasteiger partial charge in [-0.3, -0.25) is 0 Å². The van der Waals surface area contributed by atoms with Crippen LogP contribution in [0.1, 0.15) is 63.7 Å². The van der Waals surface area contributed by atoms with E-state index >= 15 is 0 Å². The van der Waals surface area contributed by atoms with Gasteiger partial charge in [-0.15, -0.1) is 0 Å². The average Bonchev–Trinajstić information content (AvgIpc) is 2.72. The standard InChI is InChI=1S/C25H33F2NO3S/c1-17(2)8-5-9-18(3)10-6-11-19(4)14-15-32-16-22(28)25(30)31-24(29)20-12-7-13-21(26)23(20)27/h7-8,10,12-14,22H,5-6,9,11,15-16,28H2,1-4H3/b18-10+,19-14+/t22-/m0/s1. The minimum atomic E-state index is -1.35. The summed E-state index contributed by atoms with van der Waals surface area (Å²) in [7, 11) is 0. The predicted octanol–water partition coefficient (Wildman–Crippen LogP) is 6.13. The molecule has 0 saturated carbocycles. The second kappa shape index (κ2) is 14.7. The number of hydrogen-bond donors (Lipinski definition) is 1. The van der Waals surface area contributed by atoms with E-state index in [1.54, 1.807) is 0 Å². The van der Waals surface area contributed by atoms with Gasteiger partial charge in [-0.25, -0.2) is 18.4 Å². The van der Waals surface area contributed by atoms with Crippen LogP contribution in [-0.4, -0.2) is 29.5 Å². The molecule has 0 amide bonds. The fourth-order valence-electron chi connectivity index (χ4n) is 2.69. The normalized spacial score (nSPS) is 13.0. The van der Waals surface area contributed by atoms with Crippen molar-refractivity contribution in [2.45, 2.75) is 59.4 Å². The van der Waals surface area contributed by atoms with Crippen molar-refractivity contribution in [3.05, 3.63) is 70.3 Å². The summed E-state index contributed by atoms with van der Waals surface area (Å²) in [4.78, 5) is 23.8. The van der Waals surface area contributed by atoms with Crippen LogP contribution in [0.5, 0.6) is 0 Å². The van der Waals surface area contributed by atoms with E-state index in [1.165, 1.54) is 28.5 Å². The van der Waals surface area contributed by atoms with Crippen molar-refractivity contribution in [1.82, 2.24) is 0 Å². The van der Waals surface area contributed by atoms with Gasteiger partial charge in [-0.05, 0) is 65.5 Å². The molecule has 0 aliphatic heterocycles. The fourth-order valence-corrected chi connectivity index (χ4v) is 3.62. The molecule has 4 nitrogen and oxygen atoms in total. The number of carbonyl (C=O) groups excluding carboxylic acids is 2. The van der Waals surface area contributed by atoms with E-state index < -0.39 is 35.2 Å². The van der Waals surface area contributed by atoms with Crippen molar-refractivity contribution in [2.75, 3.05) is 11.5 Å². The summed E-state index contributed by atoms with van der Waals surface area (Å²) >= 11 is 1.43. The third-order valence-electron chi connectivity index (χ3n) is 4.64. The summed E-state index contributed by atoms with van der Waals surface area (Å²) in [5.74, 6) is -3.86. The molecule has 32 heavy (non-hydrogen) atoms. The molecular formula is C25H33F2NO3S. The number of benzene rings is 1. The Balaban J connectivity index is 2.34. The summed E-state index contributed by atoms with van der Waals surface area (Å²) < 4.78 is 31.4. The molecule has 1 aromatic carbocycles. The largest absolute Gasteiger partial charge is 0.388 e. The van der Waals surface area contributed by atoms with E-state index in [0.29, 0.717) is 5.75 Å². The molecule has 0 fully saturated rings. The van der Waals surface area contributed by atoms with E-state index in [1.807, 2.05) is 0 Å². The first-order valence-electron chi connectivity index (χ1n) is 10.6. The molecule has 1 aromatic rings. The number of rotatable bonds is 12. The molecular weight excluding hydrogens is 432 g/mol. The monoisotopic (exact) mass is 465 g/mol. The molecule has 0 aliphatic carbocycles. The highest BCUT2D eigenvalue weighted by molar-refractivity contribution is 7.99. The molecule has 0 aromatic heterocycles. The maximum atomic E-state index is 13.6. The zero-order chi connectivity index (χ0) is 24.1. The number of esters is 2. The summed E-state index contributed by atoms with van der Waals surface area (Å²) in [5, 5.41) is 0. The van der Waals surface area contributed by atoms with Gasteiger partial charge in [-0.1, -0.05) is 41.0 Å². The van der Waals surface area contributed by atoms with Crippen molar-refractivity contribution in [2.24, 2.45) is 5.73 Å². The van der Waals surface area contributed by atoms with Crippen LogP contribution in [0.15, 0.2) is 53.1 Å². The lowest BCUT2D eigenvalue weighted by Gasteiger charge is -2.10. The number of thioether (sulfide) groups is 1. The smallest absolute Gasteiger partial charge is 0.348 e. The number of nitrogens with two attached hydrogens (primary N) is 1. The van der Waals surface area contributed by atoms with Crippen LogP contribution in [0, 0.1) is 11.6 Å². The van der Waals surface area contributed by atoms with Gasteiger partial charge in [0.2, 0.25) is 0 Å². The topological polar surface area (TPSA) is 69.4 Å². The summed E-state index contributed by atoms with van der Waals surface area (Å²) in [6, 6.07) is 2.03. The first-order valence-corrected chi connectivity index (χ1v) is 11.7. The van der Waals surface area contributed by atoms with E-state index in [2.05, 4.69) is 50.7 Å². The van der Waals surface area contributed by atoms with Crippen molar-refractivity contribution in [3.63, 3.8) is 0 Å². The first-order chi connectivity index (χ1) is 15.1. The Bertz CT molecular complexity index is 874. The number of allylic oxidation sites excluding steroid dienone is 5. The Hall–Kier alpha value is -2.25. The highest BCUT2D eigenvalue weighted by Crippen LogP contribution is 2.15. The lowest BCUT2D eigenvalue weighted by molar-refractivity contribution is -0.138. The number of hydrogen-bond acceptors (Lipinski definition) is 5. The molecule has 1 atom stereocenters. The highest BCUT2D eigenvalue weighted by Gasteiger charge is 2.23. The van der Waals surface area contributed by atoms with Crippen LogP contribution < -0.4 is 5.73 Å². The molecule has 0 bridgehead atoms. The van der Waals surface area contributed by atoms with E-state index in [4.69, 9.17) is 5.73 Å². The van der Waals surface area contributed by atoms with Gasteiger partial charge in [0, 0.05) is 11.5 Å². The van der Waals surface area contributed by atoms with Gasteiger partial charge in [0.05, 0.1) is 5.56 Å². The third-order valence-corrected chi connectivity index (χ3v) is 5.63. The minimum Gasteiger partial charge on any atom is -0.388 e. The molecule has 0 spiro atoms. The Labute approximate surface area is 194 Å². The molecule has 0 aliphatic rings. The SMILES string of the molecule is CC(C)=CCC/C(C)=C/CC/C(C)=C/CSC[C@H](N)C(=O)OC(=O)c1cccc(F)c1F. The molecule has 7 heteroatoms. The van der Waals surface area contributed by atoms with Crippen LogP contribution in [0.25, 0.3) is 0 Å². The van der Waals surface area contributed by atoms with Gasteiger partial charge in [-0.2, -0.15) is 11.8 Å². The van der Waals surface area contributed by atoms with Gasteiger partial charge >= 0.3 is 11.9 Å². The van der Waals surface area contributed by atoms with Crippen LogP contribution in [0.2, 0.25) is 0 Å². The lowest BCUT2D eigenvalue weighted by atomic mass is 10.1. The first kappa shape index (κ1) is 27.8. The van der Waals surface area contributed by atoms with Crippen molar-refractivity contribution in [1.29, 1.82) is 0 Å². The maximum absolute atomic E-state index is 13.6. The van der Waals surface area contributed by atoms with E-state index in [0.717, 1.165) is 43.9 Å². The Morgan fingerprint density at radius 3 is 2.31 bits per heavy atom. The molecule has 0 radical (unpaired) electrons. The molecule has 0 heterocycles. The van der Waals surface area contributed by atoms with E-state index in [-0.39, 0.29) is 5.75 Å². The van der Waals surface area contributed by atoms with Crippen molar-refractivity contribution in [3.8, 4) is 0 Å². The van der Waals surface area contributed by atoms with Gasteiger partial charge < -0.3 is 10.5 Å². The number of halogens is 2. The molecule has 0 saturated heterocycles. The van der Waals surface area contributed by atoms with Gasteiger partial charge in [0.1, 0.15) is 6.04 Å². The van der Waals surface area contributed by atoms with Crippen LogP contribution >= 0.6 is 11.8 Å². The number of ether oxygens (including phenoxy) is 1. The lowest BCUT2D eigenvalue weighted by Crippen LogP contribution is -2.36.